The summed E-state index contributed by atoms with van der Waals surface area (Å²) in [6, 6.07) is 5.98. The Hall–Kier alpha value is -2.77. The van der Waals surface area contributed by atoms with Crippen LogP contribution in [0.3, 0.4) is 0 Å². The fraction of sp³-hybridized carbons (Fsp3) is 0.542. The molecule has 1 aliphatic heterocycles. The normalized spacial score (nSPS) is 21.1. The number of ether oxygens (including phenoxy) is 1. The molecular formula is C24H30F3N4O2+. The van der Waals surface area contributed by atoms with Crippen LogP contribution in [0.4, 0.5) is 18.9 Å². The molecule has 0 bridgehead atoms. The number of aliphatic hydroxyl groups is 1. The number of fused-ring (bicyclic) bond motifs is 1. The van der Waals surface area contributed by atoms with Crippen molar-refractivity contribution >= 4 is 28.5 Å². The van der Waals surface area contributed by atoms with E-state index in [0.717, 1.165) is 47.7 Å². The first kappa shape index (κ1) is 23.4. The molecule has 1 fully saturated rings. The molecule has 3 N–H and O–H groups in total. The molecule has 0 atom stereocenters. The summed E-state index contributed by atoms with van der Waals surface area (Å²) in [4.78, 5) is 4.79. The lowest BCUT2D eigenvalue weighted by atomic mass is 9.84. The van der Waals surface area contributed by atoms with E-state index in [1.807, 2.05) is 33.8 Å². The van der Waals surface area contributed by atoms with Gasteiger partial charge in [0.25, 0.3) is 0 Å². The summed E-state index contributed by atoms with van der Waals surface area (Å²) in [7, 11) is 0. The molecule has 1 aromatic carbocycles. The highest BCUT2D eigenvalue weighted by atomic mass is 19.4. The first-order valence-electron chi connectivity index (χ1n) is 11.2. The fourth-order valence-electron chi connectivity index (χ4n) is 4.23. The maximum Gasteiger partial charge on any atom is 0.560 e. The minimum Gasteiger partial charge on any atom is -0.393 e. The molecule has 1 saturated carbocycles. The Morgan fingerprint density at radius 2 is 1.79 bits per heavy atom. The summed E-state index contributed by atoms with van der Waals surface area (Å²) in [6.07, 6.45) is -1.25. The van der Waals surface area contributed by atoms with Gasteiger partial charge in [-0.3, -0.25) is 0 Å². The second-order valence-corrected chi connectivity index (χ2v) is 9.94. The molecular weight excluding hydrogens is 433 g/mol. The van der Waals surface area contributed by atoms with Gasteiger partial charge in [-0.05, 0) is 67.3 Å². The monoisotopic (exact) mass is 463 g/mol. The molecule has 0 saturated heterocycles. The van der Waals surface area contributed by atoms with E-state index in [1.165, 1.54) is 0 Å². The van der Waals surface area contributed by atoms with Gasteiger partial charge in [-0.15, -0.1) is 4.67 Å². The molecule has 2 heterocycles. The van der Waals surface area contributed by atoms with E-state index in [1.54, 1.807) is 12.1 Å². The van der Waals surface area contributed by atoms with Crippen molar-refractivity contribution in [2.24, 2.45) is 0 Å². The molecule has 2 aliphatic rings. The number of alkyl halides is 3. The molecule has 1 aromatic heterocycles. The van der Waals surface area contributed by atoms with Gasteiger partial charge in [0.2, 0.25) is 0 Å². The van der Waals surface area contributed by atoms with Crippen LogP contribution < -0.4 is 15.3 Å². The Balaban J connectivity index is 1.66. The Morgan fingerprint density at radius 3 is 2.39 bits per heavy atom. The molecule has 6 nitrogen and oxygen atoms in total. The lowest BCUT2D eigenvalue weighted by molar-refractivity contribution is -0.115. The van der Waals surface area contributed by atoms with Crippen molar-refractivity contribution < 1.29 is 23.0 Å². The molecule has 0 spiro atoms. The Labute approximate surface area is 191 Å². The van der Waals surface area contributed by atoms with Gasteiger partial charge in [0.05, 0.1) is 17.7 Å². The lowest BCUT2D eigenvalue weighted by Crippen LogP contribution is -2.46. The minimum atomic E-state index is -4.30. The van der Waals surface area contributed by atoms with Crippen LogP contribution in [0.5, 0.6) is 0 Å². The van der Waals surface area contributed by atoms with Gasteiger partial charge >= 0.3 is 18.1 Å². The van der Waals surface area contributed by atoms with E-state index in [2.05, 4.69) is 15.3 Å². The van der Waals surface area contributed by atoms with Crippen LogP contribution in [0.1, 0.15) is 63.3 Å². The first-order chi connectivity index (χ1) is 15.4. The zero-order valence-electron chi connectivity index (χ0n) is 19.3. The van der Waals surface area contributed by atoms with Gasteiger partial charge < -0.3 is 15.2 Å². The van der Waals surface area contributed by atoms with Gasteiger partial charge in [0.1, 0.15) is 6.54 Å². The molecule has 0 unspecified atom stereocenters. The van der Waals surface area contributed by atoms with E-state index in [4.69, 9.17) is 9.72 Å². The molecule has 0 amide bonds. The number of halogens is 3. The van der Waals surface area contributed by atoms with E-state index >= 15 is 0 Å². The van der Waals surface area contributed by atoms with E-state index in [-0.39, 0.29) is 17.6 Å². The van der Waals surface area contributed by atoms with Crippen molar-refractivity contribution in [1.82, 2.24) is 15.0 Å². The van der Waals surface area contributed by atoms with Crippen LogP contribution in [-0.4, -0.2) is 46.9 Å². The number of anilines is 1. The molecule has 33 heavy (non-hydrogen) atoms. The number of rotatable bonds is 4. The summed E-state index contributed by atoms with van der Waals surface area (Å²) in [5.74, 6) is 0.414. The number of nitrogens with zero attached hydrogens (tertiary/aromatic N) is 2. The smallest absolute Gasteiger partial charge is 0.393 e. The van der Waals surface area contributed by atoms with Crippen LogP contribution >= 0.6 is 0 Å². The average Bonchev–Trinajstić information content (AvgIpc) is 2.68. The zero-order valence-corrected chi connectivity index (χ0v) is 19.3. The lowest BCUT2D eigenvalue weighted by Gasteiger charge is -2.24. The standard InChI is InChI=1S/C24H29F3N4O2/c1-13-9-19(21-31-22(33-21)29-14-5-7-16(32)8-6-14)30-20-17(13)10-15(28-12-24(25,26)27)11-18(20)23(2,3)4/h9-11,14,16,32H,5-8,12H2,1-4H3,(H,28,29,31)/p+1. The first-order valence-corrected chi connectivity index (χ1v) is 11.2. The molecule has 9 heteroatoms. The van der Waals surface area contributed by atoms with E-state index in [0.29, 0.717) is 23.3 Å². The molecule has 178 valence electrons. The zero-order chi connectivity index (χ0) is 24.0. The number of aliphatic hydroxyl groups excluding tert-OH is 1. The maximum absolute atomic E-state index is 12.7. The number of pyridine rings is 1. The number of aryl methyl sites for hydroxylation is 1. The van der Waals surface area contributed by atoms with Crippen molar-refractivity contribution in [2.45, 2.75) is 77.1 Å². The summed E-state index contributed by atoms with van der Waals surface area (Å²) in [5.41, 5.74) is 3.12. The number of nitrogens with one attached hydrogen (secondary N) is 2. The summed E-state index contributed by atoms with van der Waals surface area (Å²) in [6.45, 7) is 6.83. The quantitative estimate of drug-likeness (QED) is 0.599. The number of hydrogen-bond donors (Lipinski definition) is 3. The largest absolute Gasteiger partial charge is 0.560 e. The second kappa shape index (κ2) is 8.54. The number of hydrogen-bond acceptors (Lipinski definition) is 5. The SMILES string of the molecule is Cc1cc(C2=[N+]=C(NC3CCC(O)CC3)O2)nc2c(C(C)(C)C)cc(NCC(F)(F)F)cc12. The Morgan fingerprint density at radius 1 is 1.12 bits per heavy atom. The third-order valence-electron chi connectivity index (χ3n) is 6.06. The minimum absolute atomic E-state index is 0.222. The fourth-order valence-corrected chi connectivity index (χ4v) is 4.23. The highest BCUT2D eigenvalue weighted by Crippen LogP contribution is 2.34. The van der Waals surface area contributed by atoms with Gasteiger partial charge in [-0.1, -0.05) is 20.8 Å². The van der Waals surface area contributed by atoms with Crippen molar-refractivity contribution in [2.75, 3.05) is 11.9 Å². The van der Waals surface area contributed by atoms with Gasteiger partial charge in [-0.2, -0.15) is 13.2 Å². The van der Waals surface area contributed by atoms with Crippen LogP contribution in [0.25, 0.3) is 10.9 Å². The molecule has 2 aromatic rings. The predicted octanol–water partition coefficient (Wildman–Crippen LogP) is 3.91. The molecule has 0 radical (unpaired) electrons. The van der Waals surface area contributed by atoms with Gasteiger partial charge in [0.15, 0.2) is 5.69 Å². The second-order valence-electron chi connectivity index (χ2n) is 9.94. The van der Waals surface area contributed by atoms with Gasteiger partial charge in [-0.25, -0.2) is 10.3 Å². The Kier molecular flexibility index (Phi) is 6.05. The average molecular weight is 464 g/mol. The third kappa shape index (κ3) is 5.42. The number of amidine groups is 1. The van der Waals surface area contributed by atoms with E-state index in [9.17, 15) is 18.3 Å². The number of aromatic nitrogens is 1. The van der Waals surface area contributed by atoms with Crippen molar-refractivity contribution in [3.63, 3.8) is 0 Å². The van der Waals surface area contributed by atoms with Crippen LogP contribution in [-0.2, 0) is 10.2 Å². The topological polar surface area (TPSA) is 80.5 Å². The highest BCUT2D eigenvalue weighted by Gasteiger charge is 2.35. The van der Waals surface area contributed by atoms with Gasteiger partial charge in [0, 0.05) is 11.1 Å². The van der Waals surface area contributed by atoms with E-state index < -0.39 is 12.7 Å². The van der Waals surface area contributed by atoms with Crippen molar-refractivity contribution in [3.05, 3.63) is 35.0 Å². The van der Waals surface area contributed by atoms with Crippen LogP contribution in [0, 0.1) is 6.92 Å². The summed E-state index contributed by atoms with van der Waals surface area (Å²) < 4.78 is 48.4. The molecule has 4 rings (SSSR count). The molecule has 1 aliphatic carbocycles. The van der Waals surface area contributed by atoms with Crippen molar-refractivity contribution in [1.29, 1.82) is 0 Å². The van der Waals surface area contributed by atoms with Crippen LogP contribution in [0.2, 0.25) is 0 Å². The number of benzene rings is 1. The van der Waals surface area contributed by atoms with Crippen LogP contribution in [0.15, 0.2) is 18.2 Å². The Bertz CT molecular complexity index is 1120. The summed E-state index contributed by atoms with van der Waals surface area (Å²) >= 11 is 0. The maximum atomic E-state index is 12.7. The third-order valence-corrected chi connectivity index (χ3v) is 6.06. The predicted molar refractivity (Wildman–Crippen MR) is 123 cm³/mol. The summed E-state index contributed by atoms with van der Waals surface area (Å²) in [5, 5.41) is 16.2. The highest BCUT2D eigenvalue weighted by molar-refractivity contribution is 6.08. The van der Waals surface area contributed by atoms with Crippen molar-refractivity contribution in [3.8, 4) is 0 Å².